The summed E-state index contributed by atoms with van der Waals surface area (Å²) < 4.78 is 0. The van der Waals surface area contributed by atoms with E-state index >= 15 is 0 Å². The molecule has 0 saturated heterocycles. The van der Waals surface area contributed by atoms with Crippen molar-refractivity contribution in [2.45, 2.75) is 0 Å². The third kappa shape index (κ3) is 4.38. The van der Waals surface area contributed by atoms with E-state index in [1.54, 1.807) is 0 Å². The molecule has 0 bridgehead atoms. The van der Waals surface area contributed by atoms with Gasteiger partial charge in [-0.1, -0.05) is 170 Å². The molecule has 0 aliphatic heterocycles. The standard InChI is InChI=1S/C46H30/c1-2-13-35-29-37(28-23-31(35)11-1)36-15-9-16-38(30-36)46-43-20-7-5-18-41(43)45(42-19-6-8-21-44(42)46)34-26-24-33(25-27-34)40-22-10-14-32-12-3-4-17-39(32)40/h1-30H. The summed E-state index contributed by atoms with van der Waals surface area (Å²) in [5.41, 5.74) is 9.98. The molecule has 0 heteroatoms. The van der Waals surface area contributed by atoms with Gasteiger partial charge < -0.3 is 0 Å². The van der Waals surface area contributed by atoms with E-state index in [1.807, 2.05) is 0 Å². The first-order valence-electron chi connectivity index (χ1n) is 15.9. The summed E-state index contributed by atoms with van der Waals surface area (Å²) >= 11 is 0. The van der Waals surface area contributed by atoms with Crippen LogP contribution in [-0.2, 0) is 0 Å². The lowest BCUT2D eigenvalue weighted by molar-refractivity contribution is 1.62. The van der Waals surface area contributed by atoms with E-state index in [1.165, 1.54) is 87.6 Å². The quantitative estimate of drug-likeness (QED) is 0.181. The van der Waals surface area contributed by atoms with E-state index in [4.69, 9.17) is 0 Å². The largest absolute Gasteiger partial charge is 0.0616 e. The van der Waals surface area contributed by atoms with Crippen molar-refractivity contribution in [3.8, 4) is 44.5 Å². The normalized spacial score (nSPS) is 11.5. The van der Waals surface area contributed by atoms with Crippen LogP contribution >= 0.6 is 0 Å². The van der Waals surface area contributed by atoms with Crippen molar-refractivity contribution in [2.24, 2.45) is 0 Å². The van der Waals surface area contributed by atoms with Crippen molar-refractivity contribution >= 4 is 43.1 Å². The summed E-state index contributed by atoms with van der Waals surface area (Å²) in [6, 6.07) is 66.5. The van der Waals surface area contributed by atoms with Crippen LogP contribution in [0.15, 0.2) is 182 Å². The Labute approximate surface area is 268 Å². The van der Waals surface area contributed by atoms with Gasteiger partial charge >= 0.3 is 0 Å². The number of rotatable bonds is 4. The van der Waals surface area contributed by atoms with E-state index in [0.717, 1.165) is 0 Å². The highest BCUT2D eigenvalue weighted by molar-refractivity contribution is 6.21. The van der Waals surface area contributed by atoms with Crippen LogP contribution in [0.3, 0.4) is 0 Å². The van der Waals surface area contributed by atoms with Gasteiger partial charge in [-0.15, -0.1) is 0 Å². The predicted octanol–water partition coefficient (Wildman–Crippen LogP) is 13.0. The maximum Gasteiger partial charge on any atom is -0.00262 e. The summed E-state index contributed by atoms with van der Waals surface area (Å²) in [5.74, 6) is 0. The molecular weight excluding hydrogens is 553 g/mol. The molecule has 0 aliphatic rings. The minimum absolute atomic E-state index is 1.23. The van der Waals surface area contributed by atoms with Gasteiger partial charge in [0.25, 0.3) is 0 Å². The third-order valence-corrected chi connectivity index (χ3v) is 9.44. The highest BCUT2D eigenvalue weighted by Gasteiger charge is 2.17. The fourth-order valence-corrected chi connectivity index (χ4v) is 7.27. The average molecular weight is 583 g/mol. The first kappa shape index (κ1) is 26.4. The van der Waals surface area contributed by atoms with Gasteiger partial charge in [0.1, 0.15) is 0 Å². The molecule has 0 spiro atoms. The Hall–Kier alpha value is -5.98. The molecule has 9 aromatic rings. The van der Waals surface area contributed by atoms with Gasteiger partial charge in [0.15, 0.2) is 0 Å². The average Bonchev–Trinajstić information content (AvgIpc) is 3.13. The molecule has 214 valence electrons. The Morgan fingerprint density at radius 1 is 0.217 bits per heavy atom. The molecule has 0 aliphatic carbocycles. The van der Waals surface area contributed by atoms with Crippen LogP contribution in [0.1, 0.15) is 0 Å². The molecule has 0 radical (unpaired) electrons. The molecule has 46 heavy (non-hydrogen) atoms. The Kier molecular flexibility index (Phi) is 6.25. The van der Waals surface area contributed by atoms with Crippen LogP contribution in [-0.4, -0.2) is 0 Å². The summed E-state index contributed by atoms with van der Waals surface area (Å²) in [4.78, 5) is 0. The molecule has 9 rings (SSSR count). The molecule has 9 aromatic carbocycles. The van der Waals surface area contributed by atoms with Gasteiger partial charge in [0.2, 0.25) is 0 Å². The summed E-state index contributed by atoms with van der Waals surface area (Å²) in [6.45, 7) is 0. The van der Waals surface area contributed by atoms with Gasteiger partial charge in [-0.2, -0.15) is 0 Å². The molecule has 0 aromatic heterocycles. The van der Waals surface area contributed by atoms with Crippen molar-refractivity contribution in [3.05, 3.63) is 182 Å². The Morgan fingerprint density at radius 2 is 0.674 bits per heavy atom. The monoisotopic (exact) mass is 582 g/mol. The van der Waals surface area contributed by atoms with Crippen LogP contribution in [0.4, 0.5) is 0 Å². The zero-order valence-corrected chi connectivity index (χ0v) is 25.3. The Balaban J connectivity index is 1.22. The smallest absolute Gasteiger partial charge is 0.00262 e. The highest BCUT2D eigenvalue weighted by atomic mass is 14.2. The lowest BCUT2D eigenvalue weighted by Crippen LogP contribution is -1.91. The molecule has 0 saturated carbocycles. The fraction of sp³-hybridized carbons (Fsp3) is 0. The van der Waals surface area contributed by atoms with Crippen molar-refractivity contribution in [3.63, 3.8) is 0 Å². The molecule has 0 amide bonds. The minimum Gasteiger partial charge on any atom is -0.0616 e. The van der Waals surface area contributed by atoms with E-state index < -0.39 is 0 Å². The zero-order chi connectivity index (χ0) is 30.5. The van der Waals surface area contributed by atoms with Crippen LogP contribution < -0.4 is 0 Å². The molecular formula is C46H30. The Bertz CT molecular complexity index is 2510. The lowest BCUT2D eigenvalue weighted by atomic mass is 9.85. The fourth-order valence-electron chi connectivity index (χ4n) is 7.27. The van der Waals surface area contributed by atoms with Crippen molar-refractivity contribution in [2.75, 3.05) is 0 Å². The maximum absolute atomic E-state index is 2.36. The topological polar surface area (TPSA) is 0 Å². The van der Waals surface area contributed by atoms with Crippen molar-refractivity contribution < 1.29 is 0 Å². The van der Waals surface area contributed by atoms with Gasteiger partial charge in [0.05, 0.1) is 0 Å². The van der Waals surface area contributed by atoms with E-state index in [9.17, 15) is 0 Å². The molecule has 0 fully saturated rings. The van der Waals surface area contributed by atoms with Gasteiger partial charge in [-0.05, 0) is 99.7 Å². The summed E-state index contributed by atoms with van der Waals surface area (Å²) in [5, 5.41) is 10.1. The Morgan fingerprint density at radius 3 is 1.37 bits per heavy atom. The third-order valence-electron chi connectivity index (χ3n) is 9.44. The molecule has 0 heterocycles. The first-order valence-corrected chi connectivity index (χ1v) is 15.9. The van der Waals surface area contributed by atoms with Crippen LogP contribution in [0.5, 0.6) is 0 Å². The molecule has 0 atom stereocenters. The van der Waals surface area contributed by atoms with Gasteiger partial charge in [-0.25, -0.2) is 0 Å². The predicted molar refractivity (Wildman–Crippen MR) is 198 cm³/mol. The number of fused-ring (bicyclic) bond motifs is 4. The van der Waals surface area contributed by atoms with Crippen molar-refractivity contribution in [1.29, 1.82) is 0 Å². The first-order chi connectivity index (χ1) is 22.8. The number of hydrogen-bond acceptors (Lipinski definition) is 0. The van der Waals surface area contributed by atoms with Crippen molar-refractivity contribution in [1.82, 2.24) is 0 Å². The van der Waals surface area contributed by atoms with Crippen LogP contribution in [0.2, 0.25) is 0 Å². The summed E-state index contributed by atoms with van der Waals surface area (Å²) in [7, 11) is 0. The molecule has 0 N–H and O–H groups in total. The van der Waals surface area contributed by atoms with E-state index in [-0.39, 0.29) is 0 Å². The second-order valence-electron chi connectivity index (χ2n) is 12.1. The van der Waals surface area contributed by atoms with Gasteiger partial charge in [-0.3, -0.25) is 0 Å². The number of benzene rings is 9. The maximum atomic E-state index is 2.36. The lowest BCUT2D eigenvalue weighted by Gasteiger charge is -2.18. The highest BCUT2D eigenvalue weighted by Crippen LogP contribution is 2.44. The number of hydrogen-bond donors (Lipinski definition) is 0. The summed E-state index contributed by atoms with van der Waals surface area (Å²) in [6.07, 6.45) is 0. The van der Waals surface area contributed by atoms with E-state index in [2.05, 4.69) is 182 Å². The second-order valence-corrected chi connectivity index (χ2v) is 12.1. The SMILES string of the molecule is c1cc(-c2ccc3ccccc3c2)cc(-c2c3ccccc3c(-c3ccc(-c4cccc5ccccc45)cc3)c3ccccc23)c1. The van der Waals surface area contributed by atoms with Crippen LogP contribution in [0.25, 0.3) is 87.6 Å². The van der Waals surface area contributed by atoms with Gasteiger partial charge in [0, 0.05) is 0 Å². The zero-order valence-electron chi connectivity index (χ0n) is 25.3. The van der Waals surface area contributed by atoms with Crippen LogP contribution in [0, 0.1) is 0 Å². The minimum atomic E-state index is 1.23. The second kappa shape index (κ2) is 10.9. The molecule has 0 nitrogen and oxygen atoms in total. The van der Waals surface area contributed by atoms with E-state index in [0.29, 0.717) is 0 Å². The molecule has 0 unspecified atom stereocenters.